The van der Waals surface area contributed by atoms with Crippen LogP contribution in [0.1, 0.15) is 38.3 Å². The molecule has 33 heavy (non-hydrogen) atoms. The molecular formula is C25H31N3O5. The normalized spacial score (nSPS) is 16.7. The molecule has 1 aliphatic heterocycles. The standard InChI is InChI=1S/C25H31N3O5/c1-25(2,3)33-24(31)28(22-10-8-18(15-26-22)9-11-23(29)30)20-12-13-27(17-20)16-19-6-5-7-21(14-19)32-4/h5-11,14-15,20H,12-13,16-17H2,1-4H3,(H,29,30)/b11-9+/t20-/m1/s1. The van der Waals surface area contributed by atoms with Gasteiger partial charge in [0, 0.05) is 31.9 Å². The SMILES string of the molecule is COc1cccc(CN2CC[C@@H](N(C(=O)OC(C)(C)C)c3ccc(/C=C/C(=O)O)cn3)C2)c1. The number of carbonyl (C=O) groups excluding carboxylic acids is 1. The minimum Gasteiger partial charge on any atom is -0.497 e. The van der Waals surface area contributed by atoms with Gasteiger partial charge in [-0.3, -0.25) is 9.80 Å². The molecule has 0 saturated carbocycles. The minimum atomic E-state index is -1.03. The molecule has 0 bridgehead atoms. The van der Waals surface area contributed by atoms with Crippen molar-refractivity contribution in [3.63, 3.8) is 0 Å². The molecule has 1 saturated heterocycles. The molecule has 8 heteroatoms. The van der Waals surface area contributed by atoms with Gasteiger partial charge in [-0.1, -0.05) is 12.1 Å². The average molecular weight is 454 g/mol. The van der Waals surface area contributed by atoms with Crippen molar-refractivity contribution < 1.29 is 24.2 Å². The topological polar surface area (TPSA) is 92.2 Å². The molecule has 1 N–H and O–H groups in total. The number of aromatic nitrogens is 1. The van der Waals surface area contributed by atoms with Gasteiger partial charge in [0.2, 0.25) is 0 Å². The maximum Gasteiger partial charge on any atom is 0.416 e. The number of ether oxygens (including phenoxy) is 2. The molecule has 0 spiro atoms. The summed E-state index contributed by atoms with van der Waals surface area (Å²) in [5.74, 6) is 0.265. The third-order valence-electron chi connectivity index (χ3n) is 5.18. The van der Waals surface area contributed by atoms with Crippen molar-refractivity contribution in [1.82, 2.24) is 9.88 Å². The lowest BCUT2D eigenvalue weighted by Crippen LogP contribution is -2.45. The van der Waals surface area contributed by atoms with E-state index in [0.717, 1.165) is 36.9 Å². The number of rotatable bonds is 7. The van der Waals surface area contributed by atoms with Gasteiger partial charge in [0.1, 0.15) is 17.2 Å². The molecule has 0 unspecified atom stereocenters. The number of pyridine rings is 1. The number of amides is 1. The van der Waals surface area contributed by atoms with E-state index in [-0.39, 0.29) is 6.04 Å². The van der Waals surface area contributed by atoms with Crippen LogP contribution in [0.3, 0.4) is 0 Å². The number of carboxylic acid groups (broad SMARTS) is 1. The van der Waals surface area contributed by atoms with Crippen molar-refractivity contribution in [1.29, 1.82) is 0 Å². The number of benzene rings is 1. The van der Waals surface area contributed by atoms with Crippen molar-refractivity contribution in [3.8, 4) is 5.75 Å². The zero-order chi connectivity index (χ0) is 24.0. The lowest BCUT2D eigenvalue weighted by atomic mass is 10.2. The Balaban J connectivity index is 1.78. The van der Waals surface area contributed by atoms with E-state index in [1.807, 2.05) is 39.0 Å². The molecule has 2 heterocycles. The monoisotopic (exact) mass is 453 g/mol. The molecule has 1 aromatic heterocycles. The number of hydrogen-bond acceptors (Lipinski definition) is 6. The second kappa shape index (κ2) is 10.5. The van der Waals surface area contributed by atoms with E-state index in [0.29, 0.717) is 17.9 Å². The van der Waals surface area contributed by atoms with Gasteiger partial charge < -0.3 is 14.6 Å². The quantitative estimate of drug-likeness (QED) is 0.628. The Labute approximate surface area is 194 Å². The van der Waals surface area contributed by atoms with Gasteiger partial charge in [-0.2, -0.15) is 0 Å². The summed E-state index contributed by atoms with van der Waals surface area (Å²) >= 11 is 0. The summed E-state index contributed by atoms with van der Waals surface area (Å²) in [4.78, 5) is 32.2. The van der Waals surface area contributed by atoms with Crippen LogP contribution in [-0.2, 0) is 16.1 Å². The Hall–Kier alpha value is -3.39. The number of nitrogens with zero attached hydrogens (tertiary/aromatic N) is 3. The molecule has 8 nitrogen and oxygen atoms in total. The molecular weight excluding hydrogens is 422 g/mol. The fraction of sp³-hybridized carbons (Fsp3) is 0.400. The first-order valence-corrected chi connectivity index (χ1v) is 10.9. The Kier molecular flexibility index (Phi) is 7.71. The summed E-state index contributed by atoms with van der Waals surface area (Å²) < 4.78 is 11.0. The van der Waals surface area contributed by atoms with Gasteiger partial charge in [0.25, 0.3) is 0 Å². The van der Waals surface area contributed by atoms with Crippen molar-refractivity contribution >= 4 is 24.0 Å². The predicted octanol–water partition coefficient (Wildman–Crippen LogP) is 4.20. The Morgan fingerprint density at radius 1 is 1.27 bits per heavy atom. The maximum absolute atomic E-state index is 13.1. The Morgan fingerprint density at radius 3 is 2.70 bits per heavy atom. The molecule has 1 fully saturated rings. The molecule has 1 atom stereocenters. The minimum absolute atomic E-state index is 0.0987. The fourth-order valence-corrected chi connectivity index (χ4v) is 3.74. The van der Waals surface area contributed by atoms with Crippen LogP contribution < -0.4 is 9.64 Å². The molecule has 2 aromatic rings. The zero-order valence-corrected chi connectivity index (χ0v) is 19.5. The highest BCUT2D eigenvalue weighted by molar-refractivity contribution is 5.88. The van der Waals surface area contributed by atoms with Crippen molar-refractivity contribution in [2.45, 2.75) is 45.4 Å². The third kappa shape index (κ3) is 7.05. The van der Waals surface area contributed by atoms with Gasteiger partial charge in [0.05, 0.1) is 13.2 Å². The summed E-state index contributed by atoms with van der Waals surface area (Å²) in [7, 11) is 1.65. The number of likely N-dealkylation sites (tertiary alicyclic amines) is 1. The summed E-state index contributed by atoms with van der Waals surface area (Å²) in [5, 5.41) is 8.81. The molecule has 176 valence electrons. The summed E-state index contributed by atoms with van der Waals surface area (Å²) in [6.07, 6.45) is 4.40. The first kappa shape index (κ1) is 24.3. The maximum atomic E-state index is 13.1. The van der Waals surface area contributed by atoms with Gasteiger partial charge >= 0.3 is 12.1 Å². The average Bonchev–Trinajstić information content (AvgIpc) is 3.20. The van der Waals surface area contributed by atoms with E-state index in [2.05, 4.69) is 16.0 Å². The van der Waals surface area contributed by atoms with E-state index < -0.39 is 17.7 Å². The molecule has 0 radical (unpaired) electrons. The zero-order valence-electron chi connectivity index (χ0n) is 19.5. The van der Waals surface area contributed by atoms with E-state index in [4.69, 9.17) is 14.6 Å². The number of carboxylic acids is 1. The summed E-state index contributed by atoms with van der Waals surface area (Å²) in [6, 6.07) is 11.3. The van der Waals surface area contributed by atoms with Crippen molar-refractivity contribution in [2.24, 2.45) is 0 Å². The Morgan fingerprint density at radius 2 is 2.06 bits per heavy atom. The lowest BCUT2D eigenvalue weighted by molar-refractivity contribution is -0.131. The highest BCUT2D eigenvalue weighted by atomic mass is 16.6. The van der Waals surface area contributed by atoms with E-state index in [1.165, 1.54) is 6.08 Å². The van der Waals surface area contributed by atoms with Crippen LogP contribution >= 0.6 is 0 Å². The first-order chi connectivity index (χ1) is 15.6. The first-order valence-electron chi connectivity index (χ1n) is 10.9. The lowest BCUT2D eigenvalue weighted by Gasteiger charge is -2.31. The van der Waals surface area contributed by atoms with Gasteiger partial charge in [-0.25, -0.2) is 14.6 Å². The van der Waals surface area contributed by atoms with Crippen LogP contribution in [0.25, 0.3) is 6.08 Å². The largest absolute Gasteiger partial charge is 0.497 e. The smallest absolute Gasteiger partial charge is 0.416 e. The van der Waals surface area contributed by atoms with Crippen LogP contribution in [0.4, 0.5) is 10.6 Å². The van der Waals surface area contributed by atoms with E-state index >= 15 is 0 Å². The van der Waals surface area contributed by atoms with Gasteiger partial charge in [0.15, 0.2) is 0 Å². The Bertz CT molecular complexity index is 998. The number of carbonyl (C=O) groups is 2. The number of methoxy groups -OCH3 is 1. The van der Waals surface area contributed by atoms with Gasteiger partial charge in [-0.15, -0.1) is 0 Å². The fourth-order valence-electron chi connectivity index (χ4n) is 3.74. The molecule has 1 amide bonds. The molecule has 1 aliphatic rings. The summed E-state index contributed by atoms with van der Waals surface area (Å²) in [6.45, 7) is 7.77. The number of aliphatic carboxylic acids is 1. The van der Waals surface area contributed by atoms with Crippen molar-refractivity contribution in [2.75, 3.05) is 25.1 Å². The highest BCUT2D eigenvalue weighted by Gasteiger charge is 2.35. The van der Waals surface area contributed by atoms with Crippen LogP contribution in [0, 0.1) is 0 Å². The number of anilines is 1. The second-order valence-corrected chi connectivity index (χ2v) is 9.00. The predicted molar refractivity (Wildman–Crippen MR) is 126 cm³/mol. The number of hydrogen-bond donors (Lipinski definition) is 1. The van der Waals surface area contributed by atoms with E-state index in [1.54, 1.807) is 30.3 Å². The van der Waals surface area contributed by atoms with E-state index in [9.17, 15) is 9.59 Å². The molecule has 1 aromatic carbocycles. The van der Waals surface area contributed by atoms with Crippen LogP contribution in [0.15, 0.2) is 48.7 Å². The highest BCUT2D eigenvalue weighted by Crippen LogP contribution is 2.26. The van der Waals surface area contributed by atoms with Crippen molar-refractivity contribution in [3.05, 3.63) is 59.8 Å². The molecule has 0 aliphatic carbocycles. The second-order valence-electron chi connectivity index (χ2n) is 9.00. The molecule has 3 rings (SSSR count). The van der Waals surface area contributed by atoms with Crippen LogP contribution in [0.5, 0.6) is 5.75 Å². The van der Waals surface area contributed by atoms with Crippen LogP contribution in [-0.4, -0.2) is 58.9 Å². The van der Waals surface area contributed by atoms with Gasteiger partial charge in [-0.05, 0) is 68.7 Å². The third-order valence-corrected chi connectivity index (χ3v) is 5.18. The summed E-state index contributed by atoms with van der Waals surface area (Å²) in [5.41, 5.74) is 1.14. The van der Waals surface area contributed by atoms with Crippen LogP contribution in [0.2, 0.25) is 0 Å².